The summed E-state index contributed by atoms with van der Waals surface area (Å²) in [5.41, 5.74) is -0.0200. The van der Waals surface area contributed by atoms with E-state index >= 15 is 0 Å². The average Bonchev–Trinajstić information content (AvgIpc) is 3.11. The highest BCUT2D eigenvalue weighted by Crippen LogP contribution is 2.31. The summed E-state index contributed by atoms with van der Waals surface area (Å²) in [6, 6.07) is 4.95. The van der Waals surface area contributed by atoms with Crippen molar-refractivity contribution in [1.82, 2.24) is 4.98 Å². The predicted octanol–water partition coefficient (Wildman–Crippen LogP) is 5.26. The van der Waals surface area contributed by atoms with Crippen molar-refractivity contribution >= 4 is 11.3 Å². The van der Waals surface area contributed by atoms with Crippen LogP contribution in [0.1, 0.15) is 35.6 Å². The molecule has 1 unspecified atom stereocenters. The molecule has 0 saturated carbocycles. The highest BCUT2D eigenvalue weighted by Gasteiger charge is 2.30. The average molecular weight is 369 g/mol. The number of alkyl halides is 3. The van der Waals surface area contributed by atoms with E-state index in [9.17, 15) is 18.3 Å². The fourth-order valence-electron chi connectivity index (χ4n) is 2.12. The van der Waals surface area contributed by atoms with E-state index in [4.69, 9.17) is 4.74 Å². The van der Waals surface area contributed by atoms with Gasteiger partial charge in [-0.05, 0) is 30.2 Å². The minimum atomic E-state index is -4.40. The van der Waals surface area contributed by atoms with Gasteiger partial charge in [0.1, 0.15) is 23.5 Å². The summed E-state index contributed by atoms with van der Waals surface area (Å²) in [6.07, 6.45) is -1.49. The fraction of sp³-hybridized carbons (Fsp3) is 0.278. The molecule has 3 nitrogen and oxygen atoms in total. The van der Waals surface area contributed by atoms with Crippen LogP contribution < -0.4 is 0 Å². The van der Waals surface area contributed by atoms with Gasteiger partial charge in [0.05, 0.1) is 5.56 Å². The molecule has 0 radical (unpaired) electrons. The lowest BCUT2D eigenvalue weighted by Crippen LogP contribution is -2.07. The van der Waals surface area contributed by atoms with Gasteiger partial charge >= 0.3 is 6.18 Å². The third kappa shape index (κ3) is 5.17. The van der Waals surface area contributed by atoms with E-state index in [1.807, 2.05) is 6.92 Å². The van der Waals surface area contributed by atoms with Crippen LogP contribution in [0.25, 0.3) is 0 Å². The van der Waals surface area contributed by atoms with Crippen LogP contribution in [0.5, 0.6) is 0 Å². The Morgan fingerprint density at radius 2 is 2.20 bits per heavy atom. The van der Waals surface area contributed by atoms with Gasteiger partial charge in [-0.1, -0.05) is 25.6 Å². The molecule has 1 atom stereocenters. The van der Waals surface area contributed by atoms with Crippen molar-refractivity contribution in [3.63, 3.8) is 0 Å². The molecule has 7 heteroatoms. The van der Waals surface area contributed by atoms with Crippen molar-refractivity contribution in [2.24, 2.45) is 0 Å². The number of rotatable bonds is 7. The zero-order chi connectivity index (χ0) is 18.4. The van der Waals surface area contributed by atoms with Gasteiger partial charge in [0, 0.05) is 17.2 Å². The molecule has 1 aromatic heterocycles. The van der Waals surface area contributed by atoms with Gasteiger partial charge in [-0.3, -0.25) is 0 Å². The third-order valence-corrected chi connectivity index (χ3v) is 4.20. The number of benzene rings is 1. The monoisotopic (exact) mass is 369 g/mol. The molecule has 2 aromatic rings. The minimum Gasteiger partial charge on any atom is -0.489 e. The normalized spacial score (nSPS) is 13.6. The molecule has 0 amide bonds. The van der Waals surface area contributed by atoms with Crippen molar-refractivity contribution < 1.29 is 23.0 Å². The number of thiazole rings is 1. The molecule has 0 aliphatic heterocycles. The maximum Gasteiger partial charge on any atom is 0.416 e. The van der Waals surface area contributed by atoms with Crippen LogP contribution >= 0.6 is 11.3 Å². The van der Waals surface area contributed by atoms with E-state index in [0.717, 1.165) is 12.1 Å². The topological polar surface area (TPSA) is 42.4 Å². The van der Waals surface area contributed by atoms with Crippen molar-refractivity contribution in [1.29, 1.82) is 0 Å². The molecule has 134 valence electrons. The Balaban J connectivity index is 2.10. The summed E-state index contributed by atoms with van der Waals surface area (Å²) in [7, 11) is 0. The smallest absolute Gasteiger partial charge is 0.416 e. The second-order valence-corrected chi connectivity index (χ2v) is 6.19. The largest absolute Gasteiger partial charge is 0.489 e. The molecule has 1 N–H and O–H groups in total. The Morgan fingerprint density at radius 1 is 1.44 bits per heavy atom. The molecule has 0 saturated heterocycles. The summed E-state index contributed by atoms with van der Waals surface area (Å²) in [5.74, 6) is 0.350. The Kier molecular flexibility index (Phi) is 6.39. The second-order valence-electron chi connectivity index (χ2n) is 5.26. The number of aromatic nitrogens is 1. The molecule has 0 bridgehead atoms. The standard InChI is InChI=1S/C18H18F3NO2S/c1-3-5-15(12(2)16(23)17-22-8-9-25-17)24-11-13-6-4-7-14(10-13)18(19,20)21/h4-10,16,23H,2-3,11H2,1H3/b15-5-. The zero-order valence-corrected chi connectivity index (χ0v) is 14.4. The fourth-order valence-corrected chi connectivity index (χ4v) is 2.77. The molecule has 0 aliphatic carbocycles. The van der Waals surface area contributed by atoms with Crippen molar-refractivity contribution in [3.05, 3.63) is 76.0 Å². The quantitative estimate of drug-likeness (QED) is 0.535. The van der Waals surface area contributed by atoms with Crippen molar-refractivity contribution in [2.45, 2.75) is 32.2 Å². The summed E-state index contributed by atoms with van der Waals surface area (Å²) in [6.45, 7) is 5.67. The molecule has 1 aromatic carbocycles. The van der Waals surface area contributed by atoms with Gasteiger partial charge in [-0.15, -0.1) is 11.3 Å². The first-order valence-corrected chi connectivity index (χ1v) is 8.46. The Labute approximate surface area is 148 Å². The first-order valence-electron chi connectivity index (χ1n) is 7.58. The highest BCUT2D eigenvalue weighted by atomic mass is 32.1. The number of aliphatic hydroxyl groups excluding tert-OH is 1. The van der Waals surface area contributed by atoms with E-state index in [2.05, 4.69) is 11.6 Å². The van der Waals surface area contributed by atoms with Gasteiger partial charge in [0.25, 0.3) is 0 Å². The highest BCUT2D eigenvalue weighted by molar-refractivity contribution is 7.09. The number of aliphatic hydroxyl groups is 1. The van der Waals surface area contributed by atoms with Crippen molar-refractivity contribution in [2.75, 3.05) is 0 Å². The van der Waals surface area contributed by atoms with Crippen LogP contribution in [0.3, 0.4) is 0 Å². The zero-order valence-electron chi connectivity index (χ0n) is 13.6. The summed E-state index contributed by atoms with van der Waals surface area (Å²) >= 11 is 1.28. The number of nitrogens with zero attached hydrogens (tertiary/aromatic N) is 1. The summed E-state index contributed by atoms with van der Waals surface area (Å²) < 4.78 is 43.9. The number of hydrogen-bond donors (Lipinski definition) is 1. The Morgan fingerprint density at radius 3 is 2.80 bits per heavy atom. The second kappa shape index (κ2) is 8.31. The van der Waals surface area contributed by atoms with Gasteiger partial charge in [-0.25, -0.2) is 4.98 Å². The van der Waals surface area contributed by atoms with Crippen LogP contribution in [-0.4, -0.2) is 10.1 Å². The van der Waals surface area contributed by atoms with E-state index in [1.165, 1.54) is 17.4 Å². The van der Waals surface area contributed by atoms with E-state index in [1.54, 1.807) is 23.7 Å². The molecule has 25 heavy (non-hydrogen) atoms. The van der Waals surface area contributed by atoms with Crippen molar-refractivity contribution in [3.8, 4) is 0 Å². The van der Waals surface area contributed by atoms with Gasteiger partial charge in [0.15, 0.2) is 0 Å². The molecular formula is C18H18F3NO2S. The lowest BCUT2D eigenvalue weighted by atomic mass is 10.1. The number of hydrogen-bond acceptors (Lipinski definition) is 4. The first-order chi connectivity index (χ1) is 11.8. The predicted molar refractivity (Wildman–Crippen MR) is 90.8 cm³/mol. The maximum absolute atomic E-state index is 12.8. The van der Waals surface area contributed by atoms with Crippen LogP contribution in [-0.2, 0) is 17.5 Å². The molecule has 0 spiro atoms. The minimum absolute atomic E-state index is 0.0562. The Bertz CT molecular complexity index is 739. The maximum atomic E-state index is 12.8. The van der Waals surface area contributed by atoms with Crippen LogP contribution in [0.15, 0.2) is 59.8 Å². The molecule has 1 heterocycles. The van der Waals surface area contributed by atoms with Gasteiger partial charge in [-0.2, -0.15) is 13.2 Å². The number of ether oxygens (including phenoxy) is 1. The SMILES string of the molecule is C=C(/C(=C/CC)OCc1cccc(C(F)(F)F)c1)C(O)c1nccs1. The third-order valence-electron chi connectivity index (χ3n) is 3.37. The van der Waals surface area contributed by atoms with Gasteiger partial charge in [0.2, 0.25) is 0 Å². The number of allylic oxidation sites excluding steroid dienone is 1. The lowest BCUT2D eigenvalue weighted by molar-refractivity contribution is -0.137. The molecular weight excluding hydrogens is 351 g/mol. The van der Waals surface area contributed by atoms with E-state index in [0.29, 0.717) is 28.3 Å². The van der Waals surface area contributed by atoms with Crippen LogP contribution in [0.4, 0.5) is 13.2 Å². The lowest BCUT2D eigenvalue weighted by Gasteiger charge is -2.17. The van der Waals surface area contributed by atoms with Crippen LogP contribution in [0, 0.1) is 0 Å². The molecule has 0 aliphatic rings. The first kappa shape index (κ1) is 19.2. The number of halogens is 3. The van der Waals surface area contributed by atoms with E-state index < -0.39 is 17.8 Å². The molecule has 2 rings (SSSR count). The Hall–Kier alpha value is -2.12. The summed E-state index contributed by atoms with van der Waals surface area (Å²) in [5, 5.41) is 12.5. The molecule has 0 fully saturated rings. The van der Waals surface area contributed by atoms with Crippen LogP contribution in [0.2, 0.25) is 0 Å². The van der Waals surface area contributed by atoms with E-state index in [-0.39, 0.29) is 6.61 Å². The summed E-state index contributed by atoms with van der Waals surface area (Å²) in [4.78, 5) is 4.04. The van der Waals surface area contributed by atoms with Gasteiger partial charge < -0.3 is 9.84 Å².